The van der Waals surface area contributed by atoms with E-state index in [4.69, 9.17) is 32.7 Å². The molecule has 3 rings (SSSR count). The first-order chi connectivity index (χ1) is 14.9. The fourth-order valence-electron chi connectivity index (χ4n) is 2.36. The normalized spacial score (nSPS) is 10.7. The van der Waals surface area contributed by atoms with E-state index in [2.05, 4.69) is 26.5 Å². The zero-order valence-electron chi connectivity index (χ0n) is 15.8. The Morgan fingerprint density at radius 3 is 2.45 bits per heavy atom. The first-order valence-electron chi connectivity index (χ1n) is 8.89. The van der Waals surface area contributed by atoms with Crippen LogP contribution in [0.5, 0.6) is 11.5 Å². The molecule has 31 heavy (non-hydrogen) atoms. The first kappa shape index (κ1) is 22.8. The molecule has 1 N–H and O–H groups in total. The maximum atomic E-state index is 12.2. The zero-order chi connectivity index (χ0) is 22.2. The molecule has 3 aromatic rings. The van der Waals surface area contributed by atoms with Gasteiger partial charge >= 0.3 is 5.97 Å². The smallest absolute Gasteiger partial charge is 0.345 e. The highest BCUT2D eigenvalue weighted by molar-refractivity contribution is 9.10. The number of amides is 1. The Bertz CT molecular complexity index is 1120. The summed E-state index contributed by atoms with van der Waals surface area (Å²) >= 11 is 15.3. The molecule has 6 nitrogen and oxygen atoms in total. The molecule has 9 heteroatoms. The van der Waals surface area contributed by atoms with Crippen molar-refractivity contribution in [3.8, 4) is 11.5 Å². The largest absolute Gasteiger partial charge is 0.482 e. The summed E-state index contributed by atoms with van der Waals surface area (Å²) in [4.78, 5) is 24.0. The van der Waals surface area contributed by atoms with Crippen molar-refractivity contribution in [2.45, 2.75) is 0 Å². The summed E-state index contributed by atoms with van der Waals surface area (Å²) in [6, 6.07) is 18.3. The Hall–Kier alpha value is -2.87. The highest BCUT2D eigenvalue weighted by Crippen LogP contribution is 2.27. The Morgan fingerprint density at radius 1 is 1.00 bits per heavy atom. The van der Waals surface area contributed by atoms with Crippen molar-refractivity contribution in [1.29, 1.82) is 0 Å². The molecule has 0 heterocycles. The van der Waals surface area contributed by atoms with Gasteiger partial charge in [-0.25, -0.2) is 10.2 Å². The molecule has 3 aromatic carbocycles. The van der Waals surface area contributed by atoms with E-state index in [1.165, 1.54) is 6.21 Å². The Balaban J connectivity index is 1.48. The summed E-state index contributed by atoms with van der Waals surface area (Å²) in [6.07, 6.45) is 1.45. The van der Waals surface area contributed by atoms with Gasteiger partial charge < -0.3 is 9.47 Å². The summed E-state index contributed by atoms with van der Waals surface area (Å²) in [6.45, 7) is -0.240. The zero-order valence-corrected chi connectivity index (χ0v) is 18.9. The van der Waals surface area contributed by atoms with Crippen LogP contribution in [0.25, 0.3) is 0 Å². The van der Waals surface area contributed by atoms with Crippen molar-refractivity contribution in [2.24, 2.45) is 5.10 Å². The summed E-state index contributed by atoms with van der Waals surface area (Å²) in [5.74, 6) is -0.248. The standard InChI is InChI=1S/C22H15BrCl2N2O4/c23-15-7-10-20(19(25)11-15)30-13-21(28)27-26-12-14-5-8-16(9-6-14)31-22(29)17-3-1-2-4-18(17)24/h1-12H,13H2,(H,27,28). The van der Waals surface area contributed by atoms with Crippen molar-refractivity contribution in [3.05, 3.63) is 92.4 Å². The molecule has 0 aliphatic heterocycles. The molecule has 0 unspecified atom stereocenters. The van der Waals surface area contributed by atoms with E-state index in [9.17, 15) is 9.59 Å². The molecule has 0 aliphatic rings. The first-order valence-corrected chi connectivity index (χ1v) is 10.4. The lowest BCUT2D eigenvalue weighted by Crippen LogP contribution is -2.24. The average molecular weight is 522 g/mol. The minimum Gasteiger partial charge on any atom is -0.482 e. The summed E-state index contributed by atoms with van der Waals surface area (Å²) in [7, 11) is 0. The van der Waals surface area contributed by atoms with Crippen LogP contribution in [0.1, 0.15) is 15.9 Å². The number of hydrazone groups is 1. The van der Waals surface area contributed by atoms with Crippen LogP contribution in [-0.4, -0.2) is 24.7 Å². The van der Waals surface area contributed by atoms with Crippen LogP contribution in [-0.2, 0) is 4.79 Å². The van der Waals surface area contributed by atoms with Gasteiger partial charge in [0.1, 0.15) is 11.5 Å². The quantitative estimate of drug-likeness (QED) is 0.192. The van der Waals surface area contributed by atoms with Gasteiger partial charge in [-0.15, -0.1) is 0 Å². The number of carbonyl (C=O) groups excluding carboxylic acids is 2. The van der Waals surface area contributed by atoms with Crippen LogP contribution in [0.15, 0.2) is 76.3 Å². The number of halogens is 3. The highest BCUT2D eigenvalue weighted by atomic mass is 79.9. The third-order valence-corrected chi connectivity index (χ3v) is 4.96. The number of carbonyl (C=O) groups is 2. The fraction of sp³-hybridized carbons (Fsp3) is 0.0455. The SMILES string of the molecule is O=C(COc1ccc(Br)cc1Cl)NN=Cc1ccc(OC(=O)c2ccccc2Cl)cc1. The van der Waals surface area contributed by atoms with Gasteiger partial charge in [-0.2, -0.15) is 5.10 Å². The fourth-order valence-corrected chi connectivity index (χ4v) is 3.30. The van der Waals surface area contributed by atoms with Crippen molar-refractivity contribution >= 4 is 57.2 Å². The van der Waals surface area contributed by atoms with E-state index < -0.39 is 11.9 Å². The lowest BCUT2D eigenvalue weighted by molar-refractivity contribution is -0.123. The number of ether oxygens (including phenoxy) is 2. The molecule has 0 saturated carbocycles. The summed E-state index contributed by atoms with van der Waals surface area (Å²) < 4.78 is 11.5. The minimum absolute atomic E-state index is 0.240. The molecular formula is C22H15BrCl2N2O4. The number of hydrogen-bond donors (Lipinski definition) is 1. The topological polar surface area (TPSA) is 77.0 Å². The molecular weight excluding hydrogens is 507 g/mol. The molecule has 0 fully saturated rings. The number of rotatable bonds is 7. The summed E-state index contributed by atoms with van der Waals surface area (Å²) in [5, 5.41) is 4.58. The second-order valence-electron chi connectivity index (χ2n) is 6.09. The number of benzene rings is 3. The molecule has 0 aromatic heterocycles. The average Bonchev–Trinajstić information content (AvgIpc) is 2.74. The Morgan fingerprint density at radius 2 is 1.74 bits per heavy atom. The summed E-state index contributed by atoms with van der Waals surface area (Å²) in [5.41, 5.74) is 3.33. The third-order valence-electron chi connectivity index (χ3n) is 3.84. The van der Waals surface area contributed by atoms with Crippen LogP contribution in [0.2, 0.25) is 10.0 Å². The number of esters is 1. The molecule has 1 amide bonds. The number of nitrogens with one attached hydrogen (secondary N) is 1. The lowest BCUT2D eigenvalue weighted by Gasteiger charge is -2.07. The van der Waals surface area contributed by atoms with Crippen molar-refractivity contribution in [1.82, 2.24) is 5.43 Å². The van der Waals surface area contributed by atoms with Gasteiger partial charge in [-0.1, -0.05) is 51.3 Å². The van der Waals surface area contributed by atoms with E-state index in [1.54, 1.807) is 66.7 Å². The van der Waals surface area contributed by atoms with Gasteiger partial charge in [0, 0.05) is 4.47 Å². The maximum Gasteiger partial charge on any atom is 0.345 e. The lowest BCUT2D eigenvalue weighted by atomic mass is 10.2. The van der Waals surface area contributed by atoms with Crippen LogP contribution >= 0.6 is 39.1 Å². The monoisotopic (exact) mass is 520 g/mol. The van der Waals surface area contributed by atoms with Crippen LogP contribution in [0.3, 0.4) is 0 Å². The maximum absolute atomic E-state index is 12.2. The molecule has 0 spiro atoms. The van der Waals surface area contributed by atoms with E-state index >= 15 is 0 Å². The van der Waals surface area contributed by atoms with Crippen LogP contribution in [0.4, 0.5) is 0 Å². The molecule has 158 valence electrons. The molecule has 0 aliphatic carbocycles. The van der Waals surface area contributed by atoms with Crippen LogP contribution in [0, 0.1) is 0 Å². The van der Waals surface area contributed by atoms with Crippen molar-refractivity contribution < 1.29 is 19.1 Å². The Kier molecular flexibility index (Phi) is 8.06. The highest BCUT2D eigenvalue weighted by Gasteiger charge is 2.12. The van der Waals surface area contributed by atoms with Crippen molar-refractivity contribution in [3.63, 3.8) is 0 Å². The molecule has 0 bridgehead atoms. The third kappa shape index (κ3) is 6.82. The van der Waals surface area contributed by atoms with Gasteiger partial charge in [-0.3, -0.25) is 4.79 Å². The molecule has 0 atom stereocenters. The number of nitrogens with zero attached hydrogens (tertiary/aromatic N) is 1. The van der Waals surface area contributed by atoms with Crippen LogP contribution < -0.4 is 14.9 Å². The number of hydrogen-bond acceptors (Lipinski definition) is 5. The molecule has 0 saturated heterocycles. The second-order valence-corrected chi connectivity index (χ2v) is 7.83. The van der Waals surface area contributed by atoms with E-state index in [0.29, 0.717) is 27.1 Å². The molecule has 0 radical (unpaired) electrons. The predicted octanol–water partition coefficient (Wildman–Crippen LogP) is 5.50. The van der Waals surface area contributed by atoms with Gasteiger partial charge in [0.25, 0.3) is 5.91 Å². The predicted molar refractivity (Wildman–Crippen MR) is 123 cm³/mol. The van der Waals surface area contributed by atoms with Gasteiger partial charge in [0.05, 0.1) is 21.8 Å². The van der Waals surface area contributed by atoms with E-state index in [1.807, 2.05) is 0 Å². The minimum atomic E-state index is -0.551. The van der Waals surface area contributed by atoms with Gasteiger partial charge in [-0.05, 0) is 60.2 Å². The van der Waals surface area contributed by atoms with Gasteiger partial charge in [0.2, 0.25) is 0 Å². The van der Waals surface area contributed by atoms with Gasteiger partial charge in [0.15, 0.2) is 6.61 Å². The van der Waals surface area contributed by atoms with Crippen molar-refractivity contribution in [2.75, 3.05) is 6.61 Å². The van der Waals surface area contributed by atoms with E-state index in [0.717, 1.165) is 4.47 Å². The Labute approximate surface area is 196 Å². The van der Waals surface area contributed by atoms with E-state index in [-0.39, 0.29) is 12.2 Å². The second kappa shape index (κ2) is 10.9.